The van der Waals surface area contributed by atoms with E-state index in [0.717, 1.165) is 22.5 Å². The number of benzene rings is 2. The molecule has 0 aliphatic carbocycles. The maximum absolute atomic E-state index is 4.90. The molecule has 0 amide bonds. The Balaban J connectivity index is 0.000000220. The Kier molecular flexibility index (Phi) is 9.26. The minimum Gasteiger partial charge on any atom is -0.331 e. The topological polar surface area (TPSA) is 31.6 Å². The van der Waals surface area contributed by atoms with Crippen molar-refractivity contribution >= 4 is 48.5 Å². The number of aryl methyl sites for hydroxylation is 2. The van der Waals surface area contributed by atoms with Crippen LogP contribution < -0.4 is 0 Å². The number of rotatable bonds is 2. The molecule has 0 radical (unpaired) electrons. The number of H-pyrrole nitrogens is 2. The molecule has 130 valence electrons. The third-order valence-corrected chi connectivity index (χ3v) is 4.47. The highest BCUT2D eigenvalue weighted by molar-refractivity contribution is 7.79. The minimum atomic E-state index is 0.682. The monoisotopic (exact) mass is 378 g/mol. The average molecular weight is 379 g/mol. The fourth-order valence-electron chi connectivity index (χ4n) is 2.21. The van der Waals surface area contributed by atoms with Crippen molar-refractivity contribution in [2.45, 2.75) is 39.2 Å². The van der Waals surface area contributed by atoms with Crippen LogP contribution in [-0.4, -0.2) is 9.97 Å². The van der Waals surface area contributed by atoms with Gasteiger partial charge in [0.1, 0.15) is 0 Å². The highest BCUT2D eigenvalue weighted by atomic mass is 32.1. The Morgan fingerprint density at radius 1 is 0.833 bits per heavy atom. The summed E-state index contributed by atoms with van der Waals surface area (Å²) in [7, 11) is 0. The summed E-state index contributed by atoms with van der Waals surface area (Å²) in [6.45, 7) is 8.26. The SMILES string of the molecule is CC.Cc1cc(CS)c(CS)cc1C.S=c1[nH]c2ccccc2[nH]1. The molecule has 3 rings (SSSR count). The first-order chi connectivity index (χ1) is 11.5. The number of para-hydroxylation sites is 2. The van der Waals surface area contributed by atoms with Crippen LogP contribution >= 0.6 is 37.5 Å². The number of aromatic nitrogens is 2. The van der Waals surface area contributed by atoms with Crippen LogP contribution in [0.25, 0.3) is 11.0 Å². The lowest BCUT2D eigenvalue weighted by atomic mass is 10.0. The molecule has 3 aromatic rings. The zero-order valence-corrected chi connectivity index (χ0v) is 17.3. The van der Waals surface area contributed by atoms with Crippen molar-refractivity contribution in [2.24, 2.45) is 0 Å². The second-order valence-corrected chi connectivity index (χ2v) is 6.19. The summed E-state index contributed by atoms with van der Waals surface area (Å²) in [6.07, 6.45) is 0. The molecule has 0 spiro atoms. The van der Waals surface area contributed by atoms with Crippen molar-refractivity contribution in [1.29, 1.82) is 0 Å². The standard InChI is InChI=1S/C10H14S2.C7H6N2S.C2H6/c1-7-3-9(5-11)10(6-12)4-8(7)2;10-7-8-5-3-1-2-4-6(5)9-7;1-2/h3-4,11-12H,5-6H2,1-2H3;1-4H,(H2,8,9,10);1-2H3. The molecule has 0 saturated heterocycles. The van der Waals surface area contributed by atoms with Gasteiger partial charge in [-0.3, -0.25) is 0 Å². The molecule has 1 heterocycles. The average Bonchev–Trinajstić information content (AvgIpc) is 2.99. The van der Waals surface area contributed by atoms with Gasteiger partial charge in [0, 0.05) is 11.5 Å². The van der Waals surface area contributed by atoms with Crippen LogP contribution in [0.15, 0.2) is 36.4 Å². The van der Waals surface area contributed by atoms with Crippen molar-refractivity contribution < 1.29 is 0 Å². The molecule has 0 aliphatic rings. The molecule has 0 fully saturated rings. The van der Waals surface area contributed by atoms with Crippen LogP contribution in [0.1, 0.15) is 36.1 Å². The fraction of sp³-hybridized carbons (Fsp3) is 0.316. The summed E-state index contributed by atoms with van der Waals surface area (Å²) >= 11 is 13.5. The molecule has 24 heavy (non-hydrogen) atoms. The van der Waals surface area contributed by atoms with Crippen molar-refractivity contribution in [2.75, 3.05) is 0 Å². The van der Waals surface area contributed by atoms with Gasteiger partial charge in [0.25, 0.3) is 0 Å². The Hall–Kier alpha value is -1.17. The van der Waals surface area contributed by atoms with E-state index >= 15 is 0 Å². The Bertz CT molecular complexity index is 754. The molecule has 1 aromatic heterocycles. The summed E-state index contributed by atoms with van der Waals surface area (Å²) in [5.41, 5.74) is 7.40. The van der Waals surface area contributed by atoms with Gasteiger partial charge in [0.05, 0.1) is 11.0 Å². The summed E-state index contributed by atoms with van der Waals surface area (Å²) in [6, 6.07) is 12.3. The Morgan fingerprint density at radius 2 is 1.21 bits per heavy atom. The largest absolute Gasteiger partial charge is 0.331 e. The molecular formula is C19H26N2S3. The second-order valence-electron chi connectivity index (χ2n) is 5.15. The molecule has 0 aliphatic heterocycles. The van der Waals surface area contributed by atoms with Gasteiger partial charge in [0.15, 0.2) is 4.77 Å². The zero-order chi connectivity index (χ0) is 18.1. The van der Waals surface area contributed by atoms with E-state index in [0.29, 0.717) is 4.77 Å². The van der Waals surface area contributed by atoms with E-state index in [-0.39, 0.29) is 0 Å². The van der Waals surface area contributed by atoms with Crippen LogP contribution in [0.4, 0.5) is 0 Å². The van der Waals surface area contributed by atoms with Gasteiger partial charge < -0.3 is 9.97 Å². The smallest absolute Gasteiger partial charge is 0.175 e. The number of thiol groups is 2. The Morgan fingerprint density at radius 3 is 1.54 bits per heavy atom. The van der Waals surface area contributed by atoms with Gasteiger partial charge in [0.2, 0.25) is 0 Å². The number of imidazole rings is 1. The lowest BCUT2D eigenvalue weighted by molar-refractivity contribution is 1.22. The third-order valence-electron chi connectivity index (χ3n) is 3.58. The molecule has 5 heteroatoms. The first kappa shape index (κ1) is 20.9. The van der Waals surface area contributed by atoms with Gasteiger partial charge in [-0.2, -0.15) is 25.3 Å². The van der Waals surface area contributed by atoms with Crippen LogP contribution in [0.2, 0.25) is 0 Å². The number of aromatic amines is 2. The van der Waals surface area contributed by atoms with E-state index in [9.17, 15) is 0 Å². The number of fused-ring (bicyclic) bond motifs is 1. The van der Waals surface area contributed by atoms with E-state index in [1.807, 2.05) is 38.1 Å². The van der Waals surface area contributed by atoms with Crippen molar-refractivity contribution in [3.63, 3.8) is 0 Å². The van der Waals surface area contributed by atoms with Gasteiger partial charge in [-0.15, -0.1) is 0 Å². The first-order valence-corrected chi connectivity index (χ1v) is 9.70. The summed E-state index contributed by atoms with van der Waals surface area (Å²) < 4.78 is 0.682. The van der Waals surface area contributed by atoms with Gasteiger partial charge >= 0.3 is 0 Å². The zero-order valence-electron chi connectivity index (χ0n) is 14.7. The predicted molar refractivity (Wildman–Crippen MR) is 116 cm³/mol. The fourth-order valence-corrected chi connectivity index (χ4v) is 3.02. The minimum absolute atomic E-state index is 0.682. The van der Waals surface area contributed by atoms with Crippen molar-refractivity contribution in [1.82, 2.24) is 9.97 Å². The third kappa shape index (κ3) is 5.72. The normalized spacial score (nSPS) is 9.75. The van der Waals surface area contributed by atoms with Crippen LogP contribution in [-0.2, 0) is 11.5 Å². The summed E-state index contributed by atoms with van der Waals surface area (Å²) in [5, 5.41) is 0. The number of hydrogen-bond donors (Lipinski definition) is 4. The maximum Gasteiger partial charge on any atom is 0.175 e. The highest BCUT2D eigenvalue weighted by Gasteiger charge is 2.01. The molecule has 0 saturated carbocycles. The van der Waals surface area contributed by atoms with E-state index in [4.69, 9.17) is 12.2 Å². The number of nitrogens with one attached hydrogen (secondary N) is 2. The molecule has 2 aromatic carbocycles. The number of hydrogen-bond acceptors (Lipinski definition) is 3. The summed E-state index contributed by atoms with van der Waals surface area (Å²) in [5.74, 6) is 1.61. The van der Waals surface area contributed by atoms with Gasteiger partial charge in [-0.25, -0.2) is 0 Å². The maximum atomic E-state index is 4.90. The molecular weight excluding hydrogens is 352 g/mol. The Labute approximate surface area is 160 Å². The van der Waals surface area contributed by atoms with Crippen LogP contribution in [0, 0.1) is 18.6 Å². The highest BCUT2D eigenvalue weighted by Crippen LogP contribution is 2.19. The molecule has 2 nitrogen and oxygen atoms in total. The van der Waals surface area contributed by atoms with E-state index in [1.54, 1.807) is 0 Å². The lowest BCUT2D eigenvalue weighted by Crippen LogP contribution is -1.92. The van der Waals surface area contributed by atoms with Crippen molar-refractivity contribution in [3.8, 4) is 0 Å². The first-order valence-electron chi connectivity index (χ1n) is 8.03. The molecule has 2 N–H and O–H groups in total. The van der Waals surface area contributed by atoms with E-state index < -0.39 is 0 Å². The van der Waals surface area contributed by atoms with E-state index in [1.165, 1.54) is 22.3 Å². The van der Waals surface area contributed by atoms with Crippen molar-refractivity contribution in [3.05, 3.63) is 63.4 Å². The van der Waals surface area contributed by atoms with Gasteiger partial charge in [-0.05, 0) is 60.5 Å². The summed E-state index contributed by atoms with van der Waals surface area (Å²) in [4.78, 5) is 6.04. The second kappa shape index (κ2) is 10.6. The predicted octanol–water partition coefficient (Wildman–Crippen LogP) is 6.41. The van der Waals surface area contributed by atoms with Crippen LogP contribution in [0.5, 0.6) is 0 Å². The quantitative estimate of drug-likeness (QED) is 0.301. The van der Waals surface area contributed by atoms with Gasteiger partial charge in [-0.1, -0.05) is 38.1 Å². The molecule has 0 bridgehead atoms. The lowest BCUT2D eigenvalue weighted by Gasteiger charge is -2.08. The van der Waals surface area contributed by atoms with Crippen LogP contribution in [0.3, 0.4) is 0 Å². The molecule has 0 unspecified atom stereocenters. The molecule has 0 atom stereocenters. The van der Waals surface area contributed by atoms with E-state index in [2.05, 4.69) is 61.2 Å².